The van der Waals surface area contributed by atoms with Crippen molar-refractivity contribution in [2.75, 3.05) is 5.32 Å². The number of para-hydroxylation sites is 1. The Kier molecular flexibility index (Phi) is 7.44. The van der Waals surface area contributed by atoms with Crippen LogP contribution < -0.4 is 20.2 Å². The number of aromatic nitrogens is 3. The molecule has 0 bridgehead atoms. The number of furan rings is 1. The lowest BCUT2D eigenvalue weighted by molar-refractivity contribution is -0.113. The molecule has 1 aliphatic rings. The summed E-state index contributed by atoms with van der Waals surface area (Å²) in [6, 6.07) is 19.5. The summed E-state index contributed by atoms with van der Waals surface area (Å²) in [4.78, 5) is 41.4. The highest BCUT2D eigenvalue weighted by Crippen LogP contribution is 2.31. The molecule has 0 saturated carbocycles. The van der Waals surface area contributed by atoms with E-state index >= 15 is 0 Å². The quantitative estimate of drug-likeness (QED) is 0.271. The normalized spacial score (nSPS) is 15.0. The molecule has 0 fully saturated rings. The van der Waals surface area contributed by atoms with Crippen molar-refractivity contribution in [2.24, 2.45) is 4.99 Å². The van der Waals surface area contributed by atoms with E-state index in [1.165, 1.54) is 39.8 Å². The summed E-state index contributed by atoms with van der Waals surface area (Å²) in [5.74, 6) is -0.338. The van der Waals surface area contributed by atoms with Crippen LogP contribution in [-0.2, 0) is 4.79 Å². The molecule has 42 heavy (non-hydrogen) atoms. The molecule has 5 aromatic rings. The van der Waals surface area contributed by atoms with Crippen LogP contribution in [0.25, 0.3) is 6.08 Å². The molecule has 1 aliphatic heterocycles. The topological polar surface area (TPSA) is 102 Å². The van der Waals surface area contributed by atoms with Crippen molar-refractivity contribution in [1.29, 1.82) is 0 Å². The maximum Gasteiger partial charge on any atom is 0.271 e. The molecule has 8 nitrogen and oxygen atoms in total. The molecule has 0 unspecified atom stereocenters. The van der Waals surface area contributed by atoms with Gasteiger partial charge < -0.3 is 9.73 Å². The van der Waals surface area contributed by atoms with Crippen LogP contribution in [0.2, 0.25) is 0 Å². The zero-order valence-electron chi connectivity index (χ0n) is 22.8. The van der Waals surface area contributed by atoms with Gasteiger partial charge in [-0.15, -0.1) is 0 Å². The van der Waals surface area contributed by atoms with Gasteiger partial charge in [-0.05, 0) is 80.6 Å². The molecule has 210 valence electrons. The average Bonchev–Trinajstić information content (AvgIpc) is 3.51. The van der Waals surface area contributed by atoms with Crippen LogP contribution in [0.3, 0.4) is 0 Å². The summed E-state index contributed by atoms with van der Waals surface area (Å²) in [6.45, 7) is 5.55. The van der Waals surface area contributed by atoms with Gasteiger partial charge >= 0.3 is 0 Å². The fraction of sp³-hybridized carbons (Fsp3) is 0.129. The molecule has 0 spiro atoms. The number of anilines is 1. The van der Waals surface area contributed by atoms with Crippen molar-refractivity contribution in [1.82, 2.24) is 14.5 Å². The standard InChI is InChI=1S/C31H24FN5O3S2/c1-17-15-18(2)34-30(33-17)42-25-14-13-23(40-25)16-24-29(39)37-27(20-9-11-21(32)12-10-20)26(19(3)35-31(37)41-24)28(38)36-22-7-5-4-6-8-22/h4-16,27H,1-3H3,(H,36,38)/b24-16+/t27-/m1/s1. The van der Waals surface area contributed by atoms with Crippen molar-refractivity contribution < 1.29 is 13.6 Å². The number of halogens is 1. The fourth-order valence-corrected chi connectivity index (χ4v) is 6.58. The smallest absolute Gasteiger partial charge is 0.271 e. The lowest BCUT2D eigenvalue weighted by Gasteiger charge is -2.25. The number of amides is 1. The van der Waals surface area contributed by atoms with Gasteiger partial charge in [0.2, 0.25) is 0 Å². The number of benzene rings is 2. The number of hydrogen-bond acceptors (Lipinski definition) is 8. The monoisotopic (exact) mass is 597 g/mol. The Labute approximate surface area is 248 Å². The van der Waals surface area contributed by atoms with Crippen LogP contribution in [-0.4, -0.2) is 20.4 Å². The lowest BCUT2D eigenvalue weighted by atomic mass is 9.95. The van der Waals surface area contributed by atoms with Gasteiger partial charge in [0.25, 0.3) is 11.5 Å². The van der Waals surface area contributed by atoms with Crippen molar-refractivity contribution >= 4 is 40.8 Å². The van der Waals surface area contributed by atoms with Gasteiger partial charge in [0.15, 0.2) is 15.1 Å². The molecule has 6 rings (SSSR count). The largest absolute Gasteiger partial charge is 0.450 e. The second kappa shape index (κ2) is 11.3. The van der Waals surface area contributed by atoms with Gasteiger partial charge in [-0.1, -0.05) is 41.7 Å². The third-order valence-electron chi connectivity index (χ3n) is 6.51. The number of carbonyl (C=O) groups is 1. The third-order valence-corrected chi connectivity index (χ3v) is 8.28. The van der Waals surface area contributed by atoms with Gasteiger partial charge in [0.1, 0.15) is 11.6 Å². The number of nitrogens with one attached hydrogen (secondary N) is 1. The molecule has 2 aromatic carbocycles. The molecule has 0 radical (unpaired) electrons. The minimum absolute atomic E-state index is 0.301. The highest BCUT2D eigenvalue weighted by atomic mass is 32.2. The molecule has 0 aliphatic carbocycles. The van der Waals surface area contributed by atoms with Crippen molar-refractivity contribution in [3.05, 3.63) is 132 Å². The molecule has 0 saturated heterocycles. The summed E-state index contributed by atoms with van der Waals surface area (Å²) in [5.41, 5.74) is 3.35. The Morgan fingerprint density at radius 1 is 1.02 bits per heavy atom. The Hall–Kier alpha value is -4.61. The van der Waals surface area contributed by atoms with Crippen LogP contribution in [0.1, 0.15) is 35.7 Å². The van der Waals surface area contributed by atoms with E-state index < -0.39 is 17.8 Å². The number of nitrogens with zero attached hydrogens (tertiary/aromatic N) is 4. The highest BCUT2D eigenvalue weighted by Gasteiger charge is 2.32. The fourth-order valence-electron chi connectivity index (χ4n) is 4.72. The van der Waals surface area contributed by atoms with Crippen LogP contribution >= 0.6 is 23.1 Å². The molecular weight excluding hydrogens is 574 g/mol. The first-order chi connectivity index (χ1) is 20.2. The van der Waals surface area contributed by atoms with Gasteiger partial charge in [-0.25, -0.2) is 19.4 Å². The van der Waals surface area contributed by atoms with E-state index in [4.69, 9.17) is 4.42 Å². The van der Waals surface area contributed by atoms with E-state index in [9.17, 15) is 14.0 Å². The van der Waals surface area contributed by atoms with Crippen molar-refractivity contribution in [3.8, 4) is 0 Å². The number of hydrogen-bond donors (Lipinski definition) is 1. The summed E-state index contributed by atoms with van der Waals surface area (Å²) in [6.07, 6.45) is 1.65. The molecular formula is C31H24FN5O3S2. The molecule has 1 amide bonds. The van der Waals surface area contributed by atoms with Crippen molar-refractivity contribution in [3.63, 3.8) is 0 Å². The molecule has 1 N–H and O–H groups in total. The summed E-state index contributed by atoms with van der Waals surface area (Å²) < 4.78 is 21.7. The summed E-state index contributed by atoms with van der Waals surface area (Å²) in [7, 11) is 0. The highest BCUT2D eigenvalue weighted by molar-refractivity contribution is 7.99. The van der Waals surface area contributed by atoms with Gasteiger partial charge in [0, 0.05) is 23.2 Å². The maximum atomic E-state index is 13.9. The van der Waals surface area contributed by atoms with E-state index in [-0.39, 0.29) is 5.56 Å². The lowest BCUT2D eigenvalue weighted by Crippen LogP contribution is -2.40. The molecule has 1 atom stereocenters. The second-order valence-electron chi connectivity index (χ2n) is 9.65. The van der Waals surface area contributed by atoms with E-state index in [0.29, 0.717) is 47.9 Å². The first-order valence-corrected chi connectivity index (χ1v) is 14.6. The third kappa shape index (κ3) is 5.61. The first kappa shape index (κ1) is 27.6. The van der Waals surface area contributed by atoms with Gasteiger partial charge in [0.05, 0.1) is 21.8 Å². The minimum atomic E-state index is -0.808. The van der Waals surface area contributed by atoms with Gasteiger partial charge in [-0.2, -0.15) is 0 Å². The van der Waals surface area contributed by atoms with Crippen LogP contribution in [0.15, 0.2) is 109 Å². The Bertz CT molecular complexity index is 2010. The van der Waals surface area contributed by atoms with Crippen LogP contribution in [0.5, 0.6) is 0 Å². The zero-order valence-corrected chi connectivity index (χ0v) is 24.4. The number of thiazole rings is 1. The SMILES string of the molecule is CC1=C(C(=O)Nc2ccccc2)[C@@H](c2ccc(F)cc2)n2c(s/c(=C/c3ccc(Sc4nc(C)cc(C)n4)o3)c2=O)=N1. The van der Waals surface area contributed by atoms with Crippen LogP contribution in [0, 0.1) is 19.7 Å². The number of carbonyl (C=O) groups excluding carboxylic acids is 1. The average molecular weight is 598 g/mol. The molecule has 11 heteroatoms. The number of rotatable bonds is 6. The first-order valence-electron chi connectivity index (χ1n) is 13.0. The maximum absolute atomic E-state index is 13.9. The molecule has 4 heterocycles. The Morgan fingerprint density at radius 2 is 1.74 bits per heavy atom. The minimum Gasteiger partial charge on any atom is -0.450 e. The summed E-state index contributed by atoms with van der Waals surface area (Å²) in [5, 5.41) is 4.06. The zero-order chi connectivity index (χ0) is 29.4. The second-order valence-corrected chi connectivity index (χ2v) is 11.6. The van der Waals surface area contributed by atoms with Gasteiger partial charge in [-0.3, -0.25) is 14.2 Å². The van der Waals surface area contributed by atoms with E-state index in [0.717, 1.165) is 11.4 Å². The van der Waals surface area contributed by atoms with E-state index in [1.807, 2.05) is 38.1 Å². The number of allylic oxidation sites excluding steroid dienone is 1. The number of aryl methyl sites for hydroxylation is 2. The van der Waals surface area contributed by atoms with Crippen LogP contribution in [0.4, 0.5) is 10.1 Å². The van der Waals surface area contributed by atoms with Crippen molar-refractivity contribution in [2.45, 2.75) is 37.1 Å². The van der Waals surface area contributed by atoms with E-state index in [2.05, 4.69) is 20.3 Å². The Balaban J connectivity index is 1.40. The summed E-state index contributed by atoms with van der Waals surface area (Å²) >= 11 is 2.49. The predicted molar refractivity (Wildman–Crippen MR) is 160 cm³/mol. The predicted octanol–water partition coefficient (Wildman–Crippen LogP) is 5.16. The van der Waals surface area contributed by atoms with E-state index in [1.54, 1.807) is 49.4 Å². The number of fused-ring (bicyclic) bond motifs is 1. The molecule has 3 aromatic heterocycles. The Morgan fingerprint density at radius 3 is 2.45 bits per heavy atom.